The lowest BCUT2D eigenvalue weighted by Gasteiger charge is -2.05. The molecule has 0 radical (unpaired) electrons. The van der Waals surface area contributed by atoms with Crippen LogP contribution in [0.4, 0.5) is 13.2 Å². The molecule has 2 N–H and O–H groups in total. The van der Waals surface area contributed by atoms with Crippen LogP contribution in [0.15, 0.2) is 12.1 Å². The maximum atomic E-state index is 11.8. The molecule has 0 aromatic carbocycles. The molecule has 17 heavy (non-hydrogen) atoms. The molecule has 1 aromatic heterocycles. The van der Waals surface area contributed by atoms with Crippen LogP contribution in [-0.4, -0.2) is 23.2 Å². The van der Waals surface area contributed by atoms with E-state index in [0.29, 0.717) is 9.75 Å². The van der Waals surface area contributed by atoms with Gasteiger partial charge in [-0.1, -0.05) is 0 Å². The Bertz CT molecular complexity index is 427. The SMILES string of the molecule is O=C(O)Cc1ccc(CNC(=O)C(F)(F)F)s1. The first-order valence-corrected chi connectivity index (χ1v) is 5.25. The van der Waals surface area contributed by atoms with Gasteiger partial charge in [0.2, 0.25) is 0 Å². The number of amides is 1. The van der Waals surface area contributed by atoms with Gasteiger partial charge in [0.1, 0.15) is 0 Å². The third-order valence-corrected chi connectivity index (χ3v) is 2.81. The molecular formula is C9H8F3NO3S. The molecule has 94 valence electrons. The number of nitrogens with one attached hydrogen (secondary N) is 1. The molecule has 1 rings (SSSR count). The van der Waals surface area contributed by atoms with Crippen molar-refractivity contribution in [2.45, 2.75) is 19.1 Å². The van der Waals surface area contributed by atoms with Gasteiger partial charge in [-0.2, -0.15) is 13.2 Å². The number of hydrogen-bond acceptors (Lipinski definition) is 3. The lowest BCUT2D eigenvalue weighted by molar-refractivity contribution is -0.173. The van der Waals surface area contributed by atoms with Crippen LogP contribution in [0.25, 0.3) is 0 Å². The second kappa shape index (κ2) is 5.17. The van der Waals surface area contributed by atoms with E-state index in [-0.39, 0.29) is 13.0 Å². The smallest absolute Gasteiger partial charge is 0.471 e. The first-order valence-electron chi connectivity index (χ1n) is 4.43. The monoisotopic (exact) mass is 267 g/mol. The highest BCUT2D eigenvalue weighted by Crippen LogP contribution is 2.18. The highest BCUT2D eigenvalue weighted by molar-refractivity contribution is 7.12. The number of aliphatic carboxylic acids is 1. The molecule has 0 aliphatic heterocycles. The number of halogens is 3. The largest absolute Gasteiger partial charge is 0.481 e. The standard InChI is InChI=1S/C9H8F3NO3S/c10-9(11,12)8(16)13-4-6-2-1-5(17-6)3-7(14)15/h1-2H,3-4H2,(H,13,16)(H,14,15). The quantitative estimate of drug-likeness (QED) is 0.869. The Morgan fingerprint density at radius 3 is 2.41 bits per heavy atom. The van der Waals surface area contributed by atoms with Gasteiger partial charge in [-0.3, -0.25) is 9.59 Å². The number of carboxylic acid groups (broad SMARTS) is 1. The summed E-state index contributed by atoms with van der Waals surface area (Å²) >= 11 is 1.05. The van der Waals surface area contributed by atoms with Gasteiger partial charge in [0.15, 0.2) is 0 Å². The van der Waals surface area contributed by atoms with Crippen LogP contribution in [-0.2, 0) is 22.6 Å². The number of carbonyl (C=O) groups excluding carboxylic acids is 1. The average molecular weight is 267 g/mol. The van der Waals surface area contributed by atoms with Crippen molar-refractivity contribution < 1.29 is 27.9 Å². The van der Waals surface area contributed by atoms with Gasteiger partial charge in [0.05, 0.1) is 13.0 Å². The van der Waals surface area contributed by atoms with Gasteiger partial charge in [0.25, 0.3) is 0 Å². The molecule has 0 aliphatic rings. The lowest BCUT2D eigenvalue weighted by Crippen LogP contribution is -2.36. The van der Waals surface area contributed by atoms with Crippen molar-refractivity contribution >= 4 is 23.2 Å². The third-order valence-electron chi connectivity index (χ3n) is 1.72. The molecule has 0 fully saturated rings. The van der Waals surface area contributed by atoms with Crippen LogP contribution in [0.5, 0.6) is 0 Å². The Morgan fingerprint density at radius 1 is 1.29 bits per heavy atom. The maximum Gasteiger partial charge on any atom is 0.471 e. The summed E-state index contributed by atoms with van der Waals surface area (Å²) in [4.78, 5) is 21.9. The Balaban J connectivity index is 2.50. The molecule has 0 saturated carbocycles. The van der Waals surface area contributed by atoms with Gasteiger partial charge in [-0.25, -0.2) is 0 Å². The molecule has 1 aromatic rings. The van der Waals surface area contributed by atoms with E-state index in [1.54, 1.807) is 5.32 Å². The molecular weight excluding hydrogens is 259 g/mol. The number of hydrogen-bond donors (Lipinski definition) is 2. The van der Waals surface area contributed by atoms with Gasteiger partial charge in [-0.15, -0.1) is 11.3 Å². The molecule has 0 unspecified atom stereocenters. The third kappa shape index (κ3) is 4.43. The summed E-state index contributed by atoms with van der Waals surface area (Å²) in [6, 6.07) is 2.99. The molecule has 0 saturated heterocycles. The van der Waals surface area contributed by atoms with Crippen molar-refractivity contribution in [1.29, 1.82) is 0 Å². The van der Waals surface area contributed by atoms with E-state index in [1.807, 2.05) is 0 Å². The summed E-state index contributed by atoms with van der Waals surface area (Å²) in [7, 11) is 0. The van der Waals surface area contributed by atoms with E-state index in [9.17, 15) is 22.8 Å². The second-order valence-electron chi connectivity index (χ2n) is 3.12. The van der Waals surface area contributed by atoms with Crippen LogP contribution in [0.2, 0.25) is 0 Å². The zero-order chi connectivity index (χ0) is 13.1. The number of carbonyl (C=O) groups is 2. The molecule has 0 spiro atoms. The minimum absolute atomic E-state index is 0.183. The van der Waals surface area contributed by atoms with Gasteiger partial charge in [0, 0.05) is 9.75 Å². The minimum Gasteiger partial charge on any atom is -0.481 e. The van der Waals surface area contributed by atoms with Crippen molar-refractivity contribution in [3.05, 3.63) is 21.9 Å². The van der Waals surface area contributed by atoms with Crippen LogP contribution < -0.4 is 5.32 Å². The van der Waals surface area contributed by atoms with Gasteiger partial charge < -0.3 is 10.4 Å². The highest BCUT2D eigenvalue weighted by Gasteiger charge is 2.38. The minimum atomic E-state index is -4.90. The Hall–Kier alpha value is -1.57. The Morgan fingerprint density at radius 2 is 1.88 bits per heavy atom. The van der Waals surface area contributed by atoms with E-state index in [1.165, 1.54) is 12.1 Å². The fourth-order valence-electron chi connectivity index (χ4n) is 1.03. The second-order valence-corrected chi connectivity index (χ2v) is 4.37. The number of carboxylic acids is 1. The number of rotatable bonds is 4. The average Bonchev–Trinajstić information content (AvgIpc) is 2.59. The number of alkyl halides is 3. The summed E-state index contributed by atoms with van der Waals surface area (Å²) in [5, 5.41) is 10.2. The Labute approximate surface area is 98.1 Å². The maximum absolute atomic E-state index is 11.8. The predicted molar refractivity (Wildman–Crippen MR) is 53.6 cm³/mol. The summed E-state index contributed by atoms with van der Waals surface area (Å²) in [6.07, 6.45) is -5.08. The zero-order valence-corrected chi connectivity index (χ0v) is 9.19. The number of thiophene rings is 1. The topological polar surface area (TPSA) is 66.4 Å². The lowest BCUT2D eigenvalue weighted by atomic mass is 10.3. The summed E-state index contributed by atoms with van der Waals surface area (Å²) in [5.74, 6) is -3.02. The molecule has 1 heterocycles. The van der Waals surface area contributed by atoms with Crippen molar-refractivity contribution in [3.63, 3.8) is 0 Å². The van der Waals surface area contributed by atoms with Crippen molar-refractivity contribution in [3.8, 4) is 0 Å². The molecule has 1 amide bonds. The van der Waals surface area contributed by atoms with E-state index >= 15 is 0 Å². The van der Waals surface area contributed by atoms with Crippen LogP contribution in [0.3, 0.4) is 0 Å². The van der Waals surface area contributed by atoms with Crippen molar-refractivity contribution in [2.24, 2.45) is 0 Å². The van der Waals surface area contributed by atoms with Crippen LogP contribution in [0.1, 0.15) is 9.75 Å². The zero-order valence-electron chi connectivity index (χ0n) is 8.37. The normalized spacial score (nSPS) is 11.2. The van der Waals surface area contributed by atoms with Gasteiger partial charge in [-0.05, 0) is 12.1 Å². The first-order chi connectivity index (χ1) is 7.79. The van der Waals surface area contributed by atoms with Crippen molar-refractivity contribution in [1.82, 2.24) is 5.32 Å². The molecule has 4 nitrogen and oxygen atoms in total. The Kier molecular flexibility index (Phi) is 4.11. The van der Waals surface area contributed by atoms with E-state index < -0.39 is 18.1 Å². The van der Waals surface area contributed by atoms with Gasteiger partial charge >= 0.3 is 18.1 Å². The molecule has 0 bridgehead atoms. The van der Waals surface area contributed by atoms with Crippen molar-refractivity contribution in [2.75, 3.05) is 0 Å². The predicted octanol–water partition coefficient (Wildman–Crippen LogP) is 1.55. The fraction of sp³-hybridized carbons (Fsp3) is 0.333. The molecule has 0 atom stereocenters. The van der Waals surface area contributed by atoms with Crippen LogP contribution in [0, 0.1) is 0 Å². The van der Waals surface area contributed by atoms with E-state index in [2.05, 4.69) is 0 Å². The van der Waals surface area contributed by atoms with E-state index in [4.69, 9.17) is 5.11 Å². The summed E-state index contributed by atoms with van der Waals surface area (Å²) in [6.45, 7) is -0.261. The van der Waals surface area contributed by atoms with E-state index in [0.717, 1.165) is 11.3 Å². The molecule has 8 heteroatoms. The fourth-order valence-corrected chi connectivity index (χ4v) is 1.98. The summed E-state index contributed by atoms with van der Waals surface area (Å²) in [5.41, 5.74) is 0. The molecule has 0 aliphatic carbocycles. The first kappa shape index (κ1) is 13.5. The van der Waals surface area contributed by atoms with Crippen LogP contribution >= 0.6 is 11.3 Å². The summed E-state index contributed by atoms with van der Waals surface area (Å²) < 4.78 is 35.5. The highest BCUT2D eigenvalue weighted by atomic mass is 32.1.